The van der Waals surface area contributed by atoms with Gasteiger partial charge in [-0.1, -0.05) is 41.6 Å². The fourth-order valence-corrected chi connectivity index (χ4v) is 3.56. The molecule has 0 aliphatic heterocycles. The first-order valence-corrected chi connectivity index (χ1v) is 9.86. The van der Waals surface area contributed by atoms with Crippen molar-refractivity contribution in [1.29, 1.82) is 0 Å². The molecule has 1 N–H and O–H groups in total. The van der Waals surface area contributed by atoms with Gasteiger partial charge in [-0.2, -0.15) is 0 Å². The summed E-state index contributed by atoms with van der Waals surface area (Å²) in [7, 11) is 3.12. The van der Waals surface area contributed by atoms with E-state index in [1.165, 1.54) is 11.8 Å². The van der Waals surface area contributed by atoms with Crippen molar-refractivity contribution in [3.8, 4) is 11.5 Å². The molecule has 1 aromatic heterocycles. The molecule has 1 heterocycles. The van der Waals surface area contributed by atoms with Gasteiger partial charge in [0.1, 0.15) is 0 Å². The molecule has 0 bridgehead atoms. The standard InChI is InChI=1S/C20H20ClN3O3S/c1-26-17-8-7-15(11-18(17)27-2)23-19(25)13-28-20-22-9-10-24(20)12-14-5-3-4-6-16(14)21/h3-11H,12-13H2,1-2H3,(H,23,25). The minimum Gasteiger partial charge on any atom is -0.493 e. The maximum atomic E-state index is 12.3. The molecule has 3 rings (SSSR count). The van der Waals surface area contributed by atoms with Crippen LogP contribution in [-0.2, 0) is 11.3 Å². The van der Waals surface area contributed by atoms with Crippen molar-refractivity contribution in [2.45, 2.75) is 11.7 Å². The van der Waals surface area contributed by atoms with Crippen LogP contribution in [0.25, 0.3) is 0 Å². The Bertz CT molecular complexity index is 961. The first kappa shape index (κ1) is 20.1. The number of benzene rings is 2. The van der Waals surface area contributed by atoms with Crippen molar-refractivity contribution >= 4 is 35.0 Å². The van der Waals surface area contributed by atoms with E-state index in [-0.39, 0.29) is 11.7 Å². The summed E-state index contributed by atoms with van der Waals surface area (Å²) < 4.78 is 12.4. The van der Waals surface area contributed by atoms with E-state index < -0.39 is 0 Å². The summed E-state index contributed by atoms with van der Waals surface area (Å²) >= 11 is 7.60. The molecule has 1 amide bonds. The van der Waals surface area contributed by atoms with Crippen molar-refractivity contribution in [3.63, 3.8) is 0 Å². The largest absolute Gasteiger partial charge is 0.493 e. The second kappa shape index (κ2) is 9.52. The summed E-state index contributed by atoms with van der Waals surface area (Å²) in [6.07, 6.45) is 3.59. The number of halogens is 1. The SMILES string of the molecule is COc1ccc(NC(=O)CSc2nccn2Cc2ccccc2Cl)cc1OC. The van der Waals surface area contributed by atoms with Crippen LogP contribution in [0.3, 0.4) is 0 Å². The molecule has 28 heavy (non-hydrogen) atoms. The number of hydrogen-bond donors (Lipinski definition) is 1. The minimum atomic E-state index is -0.135. The van der Waals surface area contributed by atoms with Gasteiger partial charge in [0, 0.05) is 29.2 Å². The predicted molar refractivity (Wildman–Crippen MR) is 112 cm³/mol. The molecule has 0 fully saturated rings. The normalized spacial score (nSPS) is 10.5. The zero-order valence-corrected chi connectivity index (χ0v) is 17.1. The molecule has 0 saturated heterocycles. The summed E-state index contributed by atoms with van der Waals surface area (Å²) in [6, 6.07) is 12.9. The maximum absolute atomic E-state index is 12.3. The molecule has 8 heteroatoms. The van der Waals surface area contributed by atoms with Crippen molar-refractivity contribution in [3.05, 3.63) is 65.4 Å². The fraction of sp³-hybridized carbons (Fsp3) is 0.200. The van der Waals surface area contributed by atoms with Gasteiger partial charge >= 0.3 is 0 Å². The van der Waals surface area contributed by atoms with Crippen LogP contribution < -0.4 is 14.8 Å². The topological polar surface area (TPSA) is 65.4 Å². The molecule has 0 saturated carbocycles. The molecular formula is C20H20ClN3O3S. The number of ether oxygens (including phenoxy) is 2. The average molecular weight is 418 g/mol. The Labute approximate surface area is 172 Å². The number of thioether (sulfide) groups is 1. The molecule has 0 spiro atoms. The summed E-state index contributed by atoms with van der Waals surface area (Å²) in [4.78, 5) is 16.7. The highest BCUT2D eigenvalue weighted by Gasteiger charge is 2.11. The number of imidazole rings is 1. The van der Waals surface area contributed by atoms with E-state index in [9.17, 15) is 4.79 Å². The monoisotopic (exact) mass is 417 g/mol. The van der Waals surface area contributed by atoms with E-state index >= 15 is 0 Å². The van der Waals surface area contributed by atoms with Gasteiger partial charge in [-0.05, 0) is 23.8 Å². The molecule has 146 valence electrons. The lowest BCUT2D eigenvalue weighted by molar-refractivity contribution is -0.113. The number of nitrogens with zero attached hydrogens (tertiary/aromatic N) is 2. The number of hydrogen-bond acceptors (Lipinski definition) is 5. The molecular weight excluding hydrogens is 398 g/mol. The minimum absolute atomic E-state index is 0.135. The van der Waals surface area contributed by atoms with Gasteiger partial charge < -0.3 is 19.4 Å². The number of methoxy groups -OCH3 is 2. The second-order valence-electron chi connectivity index (χ2n) is 5.84. The molecule has 3 aromatic rings. The lowest BCUT2D eigenvalue weighted by Gasteiger charge is -2.11. The van der Waals surface area contributed by atoms with E-state index in [0.717, 1.165) is 10.7 Å². The van der Waals surface area contributed by atoms with E-state index in [0.29, 0.717) is 28.8 Å². The molecule has 0 aliphatic rings. The van der Waals surface area contributed by atoms with E-state index in [2.05, 4.69) is 10.3 Å². The van der Waals surface area contributed by atoms with E-state index in [1.54, 1.807) is 38.6 Å². The number of carbonyl (C=O) groups excluding carboxylic acids is 1. The first-order chi connectivity index (χ1) is 13.6. The Morgan fingerprint density at radius 2 is 1.96 bits per heavy atom. The van der Waals surface area contributed by atoms with Crippen molar-refractivity contribution in [2.75, 3.05) is 25.3 Å². The molecule has 0 unspecified atom stereocenters. The van der Waals surface area contributed by atoms with Gasteiger partial charge in [0.25, 0.3) is 0 Å². The van der Waals surface area contributed by atoms with Gasteiger partial charge in [0.2, 0.25) is 5.91 Å². The van der Waals surface area contributed by atoms with Gasteiger partial charge in [0.05, 0.1) is 26.5 Å². The van der Waals surface area contributed by atoms with Gasteiger partial charge in [0.15, 0.2) is 16.7 Å². The van der Waals surface area contributed by atoms with E-state index in [4.69, 9.17) is 21.1 Å². The molecule has 6 nitrogen and oxygen atoms in total. The lowest BCUT2D eigenvalue weighted by atomic mass is 10.2. The zero-order chi connectivity index (χ0) is 19.9. The fourth-order valence-electron chi connectivity index (χ4n) is 2.61. The first-order valence-electron chi connectivity index (χ1n) is 8.50. The third-order valence-corrected chi connectivity index (χ3v) is 5.35. The van der Waals surface area contributed by atoms with Crippen molar-refractivity contribution < 1.29 is 14.3 Å². The lowest BCUT2D eigenvalue weighted by Crippen LogP contribution is -2.14. The smallest absolute Gasteiger partial charge is 0.234 e. The summed E-state index contributed by atoms with van der Waals surface area (Å²) in [5.41, 5.74) is 1.64. The van der Waals surface area contributed by atoms with Gasteiger partial charge in [-0.3, -0.25) is 4.79 Å². The Morgan fingerprint density at radius 1 is 1.18 bits per heavy atom. The zero-order valence-electron chi connectivity index (χ0n) is 15.5. The molecule has 2 aromatic carbocycles. The number of nitrogens with one attached hydrogen (secondary N) is 1. The Morgan fingerprint density at radius 3 is 2.71 bits per heavy atom. The predicted octanol–water partition coefficient (Wildman–Crippen LogP) is 4.33. The number of amides is 1. The van der Waals surface area contributed by atoms with Crippen LogP contribution in [0.2, 0.25) is 5.02 Å². The Balaban J connectivity index is 1.60. The maximum Gasteiger partial charge on any atom is 0.234 e. The number of carbonyl (C=O) groups is 1. The van der Waals surface area contributed by atoms with Crippen LogP contribution in [-0.4, -0.2) is 35.4 Å². The van der Waals surface area contributed by atoms with Crippen LogP contribution in [0, 0.1) is 0 Å². The van der Waals surface area contributed by atoms with Crippen molar-refractivity contribution in [1.82, 2.24) is 9.55 Å². The van der Waals surface area contributed by atoms with Crippen molar-refractivity contribution in [2.24, 2.45) is 0 Å². The quantitative estimate of drug-likeness (QED) is 0.552. The molecule has 0 radical (unpaired) electrons. The highest BCUT2D eigenvalue weighted by Crippen LogP contribution is 2.30. The summed E-state index contributed by atoms with van der Waals surface area (Å²) in [5, 5.41) is 4.31. The van der Waals surface area contributed by atoms with Crippen LogP contribution in [0.4, 0.5) is 5.69 Å². The summed E-state index contributed by atoms with van der Waals surface area (Å²) in [6.45, 7) is 0.597. The Kier molecular flexibility index (Phi) is 6.84. The van der Waals surface area contributed by atoms with Crippen LogP contribution in [0.1, 0.15) is 5.56 Å². The highest BCUT2D eigenvalue weighted by molar-refractivity contribution is 7.99. The van der Waals surface area contributed by atoms with Crippen LogP contribution in [0.15, 0.2) is 60.0 Å². The molecule has 0 aliphatic carbocycles. The summed E-state index contributed by atoms with van der Waals surface area (Å²) in [5.74, 6) is 1.26. The highest BCUT2D eigenvalue weighted by atomic mass is 35.5. The Hall–Kier alpha value is -2.64. The number of anilines is 1. The van der Waals surface area contributed by atoms with Crippen LogP contribution >= 0.6 is 23.4 Å². The third kappa shape index (κ3) is 4.99. The molecule has 0 atom stereocenters. The second-order valence-corrected chi connectivity index (χ2v) is 7.19. The average Bonchev–Trinajstić information content (AvgIpc) is 3.15. The van der Waals surface area contributed by atoms with Gasteiger partial charge in [-0.15, -0.1) is 0 Å². The number of aromatic nitrogens is 2. The van der Waals surface area contributed by atoms with E-state index in [1.807, 2.05) is 35.0 Å². The third-order valence-electron chi connectivity index (χ3n) is 3.98. The van der Waals surface area contributed by atoms with Crippen LogP contribution in [0.5, 0.6) is 11.5 Å². The van der Waals surface area contributed by atoms with Gasteiger partial charge in [-0.25, -0.2) is 4.98 Å². The number of rotatable bonds is 8.